The molecule has 0 spiro atoms. The molecule has 0 heterocycles. The molecule has 1 aromatic rings. The van der Waals surface area contributed by atoms with E-state index in [9.17, 15) is 9.59 Å². The zero-order valence-electron chi connectivity index (χ0n) is 11.2. The molecule has 0 bridgehead atoms. The van der Waals surface area contributed by atoms with Crippen molar-refractivity contribution in [1.29, 1.82) is 0 Å². The molecule has 1 aromatic carbocycles. The summed E-state index contributed by atoms with van der Waals surface area (Å²) in [6, 6.07) is 5.50. The van der Waals surface area contributed by atoms with Gasteiger partial charge in [0.05, 0.1) is 7.11 Å². The minimum absolute atomic E-state index is 0.349. The Balaban J connectivity index is 2.69. The summed E-state index contributed by atoms with van der Waals surface area (Å²) in [5.41, 5.74) is 0.581. The van der Waals surface area contributed by atoms with Crippen LogP contribution < -0.4 is 10.1 Å². The summed E-state index contributed by atoms with van der Waals surface area (Å²) in [4.78, 5) is 24.0. The highest BCUT2D eigenvalue weighted by molar-refractivity contribution is 5.92. The SMILES string of the molecule is CCC(C(=O)O)N(C)C(=O)Nc1ccc(OC)cc1. The number of anilines is 1. The molecule has 0 aliphatic heterocycles. The number of hydrogen-bond acceptors (Lipinski definition) is 3. The minimum atomic E-state index is -1.02. The Morgan fingerprint density at radius 2 is 1.95 bits per heavy atom. The molecule has 1 atom stereocenters. The van der Waals surface area contributed by atoms with Crippen LogP contribution in [0.15, 0.2) is 24.3 Å². The fraction of sp³-hybridized carbons (Fsp3) is 0.385. The zero-order valence-corrected chi connectivity index (χ0v) is 11.2. The maximum absolute atomic E-state index is 11.9. The average Bonchev–Trinajstić information content (AvgIpc) is 2.39. The van der Waals surface area contributed by atoms with Crippen molar-refractivity contribution in [2.75, 3.05) is 19.5 Å². The van der Waals surface area contributed by atoms with Crippen LogP contribution in [-0.4, -0.2) is 42.2 Å². The third kappa shape index (κ3) is 3.87. The summed E-state index contributed by atoms with van der Waals surface area (Å²) in [6.45, 7) is 1.72. The number of aliphatic carboxylic acids is 1. The molecular formula is C13H18N2O4. The lowest BCUT2D eigenvalue weighted by atomic mass is 10.2. The molecule has 1 unspecified atom stereocenters. The Labute approximate surface area is 112 Å². The van der Waals surface area contributed by atoms with Crippen molar-refractivity contribution in [2.24, 2.45) is 0 Å². The molecule has 6 nitrogen and oxygen atoms in total. The molecule has 2 N–H and O–H groups in total. The van der Waals surface area contributed by atoms with E-state index < -0.39 is 18.0 Å². The lowest BCUT2D eigenvalue weighted by Gasteiger charge is -2.24. The smallest absolute Gasteiger partial charge is 0.326 e. The highest BCUT2D eigenvalue weighted by atomic mass is 16.5. The molecule has 104 valence electrons. The van der Waals surface area contributed by atoms with Gasteiger partial charge in [0.1, 0.15) is 11.8 Å². The van der Waals surface area contributed by atoms with Crippen molar-refractivity contribution >= 4 is 17.7 Å². The molecule has 0 fully saturated rings. The number of nitrogens with zero attached hydrogens (tertiary/aromatic N) is 1. The van der Waals surface area contributed by atoms with E-state index in [1.807, 2.05) is 0 Å². The molecule has 0 radical (unpaired) electrons. The Morgan fingerprint density at radius 1 is 1.37 bits per heavy atom. The van der Waals surface area contributed by atoms with Crippen LogP contribution in [-0.2, 0) is 4.79 Å². The van der Waals surface area contributed by atoms with Gasteiger partial charge in [0.2, 0.25) is 0 Å². The van der Waals surface area contributed by atoms with Gasteiger partial charge in [-0.25, -0.2) is 9.59 Å². The van der Waals surface area contributed by atoms with Gasteiger partial charge in [0.25, 0.3) is 0 Å². The Kier molecular flexibility index (Phi) is 5.17. The van der Waals surface area contributed by atoms with E-state index >= 15 is 0 Å². The van der Waals surface area contributed by atoms with Crippen molar-refractivity contribution in [3.8, 4) is 5.75 Å². The van der Waals surface area contributed by atoms with Crippen LogP contribution in [0.3, 0.4) is 0 Å². The van der Waals surface area contributed by atoms with Gasteiger partial charge >= 0.3 is 12.0 Å². The quantitative estimate of drug-likeness (QED) is 0.854. The molecule has 0 saturated carbocycles. The van der Waals surface area contributed by atoms with Gasteiger partial charge < -0.3 is 20.1 Å². The first kappa shape index (κ1) is 14.8. The predicted octanol–water partition coefficient (Wildman–Crippen LogP) is 2.02. The Hall–Kier alpha value is -2.24. The summed E-state index contributed by atoms with van der Waals surface area (Å²) in [5, 5.41) is 11.6. The molecule has 19 heavy (non-hydrogen) atoms. The molecule has 1 rings (SSSR count). The summed E-state index contributed by atoms with van der Waals surface area (Å²) >= 11 is 0. The number of benzene rings is 1. The van der Waals surface area contributed by atoms with Crippen LogP contribution in [0.5, 0.6) is 5.75 Å². The number of likely N-dealkylation sites (N-methyl/N-ethyl adjacent to an activating group) is 1. The fourth-order valence-corrected chi connectivity index (χ4v) is 1.64. The van der Waals surface area contributed by atoms with Gasteiger partial charge in [-0.3, -0.25) is 0 Å². The van der Waals surface area contributed by atoms with Gasteiger partial charge in [-0.1, -0.05) is 6.92 Å². The largest absolute Gasteiger partial charge is 0.497 e. The summed E-state index contributed by atoms with van der Waals surface area (Å²) in [6.07, 6.45) is 0.349. The molecule has 0 saturated heterocycles. The van der Waals surface area contributed by atoms with E-state index in [0.717, 1.165) is 0 Å². The molecule has 2 amide bonds. The fourth-order valence-electron chi connectivity index (χ4n) is 1.64. The van der Waals surface area contributed by atoms with E-state index in [4.69, 9.17) is 9.84 Å². The third-order valence-electron chi connectivity index (χ3n) is 2.80. The molecule has 0 aliphatic carbocycles. The first-order chi connectivity index (χ1) is 8.99. The Morgan fingerprint density at radius 3 is 2.37 bits per heavy atom. The van der Waals surface area contributed by atoms with E-state index in [2.05, 4.69) is 5.32 Å². The molecular weight excluding hydrogens is 248 g/mol. The van der Waals surface area contributed by atoms with Gasteiger partial charge in [-0.05, 0) is 30.7 Å². The first-order valence-electron chi connectivity index (χ1n) is 5.90. The summed E-state index contributed by atoms with van der Waals surface area (Å²) < 4.78 is 5.01. The number of rotatable bonds is 5. The van der Waals surface area contributed by atoms with Crippen molar-refractivity contribution in [3.63, 3.8) is 0 Å². The number of nitrogens with one attached hydrogen (secondary N) is 1. The minimum Gasteiger partial charge on any atom is -0.497 e. The topological polar surface area (TPSA) is 78.9 Å². The highest BCUT2D eigenvalue weighted by Gasteiger charge is 2.24. The van der Waals surface area contributed by atoms with Gasteiger partial charge in [0.15, 0.2) is 0 Å². The number of carboxylic acid groups (broad SMARTS) is 1. The van der Waals surface area contributed by atoms with Gasteiger partial charge in [-0.2, -0.15) is 0 Å². The highest BCUT2D eigenvalue weighted by Crippen LogP contribution is 2.15. The lowest BCUT2D eigenvalue weighted by molar-refractivity contribution is -0.141. The molecule has 6 heteroatoms. The number of methoxy groups -OCH3 is 1. The molecule has 0 aromatic heterocycles. The number of ether oxygens (including phenoxy) is 1. The van der Waals surface area contributed by atoms with Crippen LogP contribution in [0.4, 0.5) is 10.5 Å². The normalized spacial score (nSPS) is 11.5. The summed E-state index contributed by atoms with van der Waals surface area (Å²) in [7, 11) is 3.02. The first-order valence-corrected chi connectivity index (χ1v) is 5.90. The standard InChI is InChI=1S/C13H18N2O4/c1-4-11(12(16)17)15(2)13(18)14-9-5-7-10(19-3)8-6-9/h5-8,11H,4H2,1-3H3,(H,14,18)(H,16,17). The number of carboxylic acids is 1. The number of hydrogen-bond donors (Lipinski definition) is 2. The van der Waals surface area contributed by atoms with Crippen LogP contribution in [0.2, 0.25) is 0 Å². The van der Waals surface area contributed by atoms with Crippen molar-refractivity contribution in [2.45, 2.75) is 19.4 Å². The maximum atomic E-state index is 11.9. The number of carbonyl (C=O) groups is 2. The Bertz CT molecular complexity index is 444. The summed E-state index contributed by atoms with van der Waals surface area (Å²) in [5.74, 6) is -0.335. The van der Waals surface area contributed by atoms with Gasteiger partial charge in [0, 0.05) is 12.7 Å². The second-order valence-corrected chi connectivity index (χ2v) is 4.03. The van der Waals surface area contributed by atoms with E-state index in [0.29, 0.717) is 17.9 Å². The van der Waals surface area contributed by atoms with Crippen LogP contribution in [0.25, 0.3) is 0 Å². The molecule has 0 aliphatic rings. The van der Waals surface area contributed by atoms with Crippen molar-refractivity contribution < 1.29 is 19.4 Å². The second kappa shape index (κ2) is 6.63. The predicted molar refractivity (Wildman–Crippen MR) is 71.5 cm³/mol. The zero-order chi connectivity index (χ0) is 14.4. The van der Waals surface area contributed by atoms with Crippen LogP contribution in [0.1, 0.15) is 13.3 Å². The number of carbonyl (C=O) groups excluding carboxylic acids is 1. The van der Waals surface area contributed by atoms with Gasteiger partial charge in [-0.15, -0.1) is 0 Å². The third-order valence-corrected chi connectivity index (χ3v) is 2.80. The second-order valence-electron chi connectivity index (χ2n) is 4.03. The van der Waals surface area contributed by atoms with Crippen LogP contribution >= 0.6 is 0 Å². The van der Waals surface area contributed by atoms with E-state index in [1.165, 1.54) is 11.9 Å². The monoisotopic (exact) mass is 266 g/mol. The van der Waals surface area contributed by atoms with Crippen LogP contribution in [0, 0.1) is 0 Å². The van der Waals surface area contributed by atoms with E-state index in [-0.39, 0.29) is 0 Å². The van der Waals surface area contributed by atoms with Crippen molar-refractivity contribution in [1.82, 2.24) is 4.90 Å². The average molecular weight is 266 g/mol. The number of amides is 2. The lowest BCUT2D eigenvalue weighted by Crippen LogP contribution is -2.44. The maximum Gasteiger partial charge on any atom is 0.326 e. The van der Waals surface area contributed by atoms with Crippen molar-refractivity contribution in [3.05, 3.63) is 24.3 Å². The van der Waals surface area contributed by atoms with E-state index in [1.54, 1.807) is 38.3 Å². The number of urea groups is 1.